The molecule has 1 aliphatic heterocycles. The lowest BCUT2D eigenvalue weighted by atomic mass is 9.66. The van der Waals surface area contributed by atoms with Crippen LogP contribution in [0.2, 0.25) is 0 Å². The van der Waals surface area contributed by atoms with Gasteiger partial charge in [-0.3, -0.25) is 9.69 Å². The van der Waals surface area contributed by atoms with E-state index in [1.54, 1.807) is 6.26 Å². The molecule has 1 aliphatic carbocycles. The first-order valence-corrected chi connectivity index (χ1v) is 11.1. The molecule has 4 rings (SSSR count). The Morgan fingerprint density at radius 1 is 1.27 bits per heavy atom. The molecular weight excluding hydrogens is 380 g/mol. The Morgan fingerprint density at radius 2 is 2.13 bits per heavy atom. The number of hydrogen-bond donors (Lipinski definition) is 2. The predicted octanol–water partition coefficient (Wildman–Crippen LogP) is 3.66. The number of nitrogens with zero attached hydrogens (tertiary/aromatic N) is 1. The van der Waals surface area contributed by atoms with Gasteiger partial charge in [0.25, 0.3) is 0 Å². The third-order valence-corrected chi connectivity index (χ3v) is 6.60. The van der Waals surface area contributed by atoms with Gasteiger partial charge in [-0.05, 0) is 44.4 Å². The van der Waals surface area contributed by atoms with Crippen molar-refractivity contribution in [2.45, 2.75) is 57.2 Å². The van der Waals surface area contributed by atoms with Gasteiger partial charge in [0, 0.05) is 24.1 Å². The molecule has 2 aliphatic rings. The quantitative estimate of drug-likeness (QED) is 0.726. The van der Waals surface area contributed by atoms with Crippen LogP contribution in [0.15, 0.2) is 47.1 Å². The van der Waals surface area contributed by atoms with Crippen LogP contribution in [0, 0.1) is 5.92 Å². The summed E-state index contributed by atoms with van der Waals surface area (Å²) in [5.74, 6) is 1.65. The molecule has 1 aromatic heterocycles. The minimum Gasteiger partial charge on any atom is -0.494 e. The molecule has 6 heteroatoms. The fourth-order valence-electron chi connectivity index (χ4n) is 5.18. The molecule has 0 spiro atoms. The summed E-state index contributed by atoms with van der Waals surface area (Å²) in [5, 5.41) is 14.4. The van der Waals surface area contributed by atoms with Gasteiger partial charge in [-0.2, -0.15) is 0 Å². The van der Waals surface area contributed by atoms with Crippen molar-refractivity contribution in [1.82, 2.24) is 10.2 Å². The Hall–Kier alpha value is -2.31. The van der Waals surface area contributed by atoms with Gasteiger partial charge in [0.2, 0.25) is 5.91 Å². The number of furan rings is 1. The number of para-hydroxylation sites is 1. The monoisotopic (exact) mass is 412 g/mol. The predicted molar refractivity (Wildman–Crippen MR) is 114 cm³/mol. The average molecular weight is 413 g/mol. The number of ether oxygens (including phenoxy) is 1. The Kier molecular flexibility index (Phi) is 6.44. The summed E-state index contributed by atoms with van der Waals surface area (Å²) in [5.41, 5.74) is 0.409. The third kappa shape index (κ3) is 4.40. The third-order valence-electron chi connectivity index (χ3n) is 6.60. The second-order valence-electron chi connectivity index (χ2n) is 8.45. The maximum atomic E-state index is 12.7. The van der Waals surface area contributed by atoms with Crippen LogP contribution in [0.3, 0.4) is 0 Å². The van der Waals surface area contributed by atoms with Crippen molar-refractivity contribution in [2.24, 2.45) is 5.92 Å². The molecular formula is C24H32N2O4. The van der Waals surface area contributed by atoms with Crippen molar-refractivity contribution in [3.05, 3.63) is 54.0 Å². The van der Waals surface area contributed by atoms with E-state index in [1.165, 1.54) is 0 Å². The van der Waals surface area contributed by atoms with Crippen LogP contribution in [-0.4, -0.2) is 41.2 Å². The van der Waals surface area contributed by atoms with Crippen molar-refractivity contribution in [1.29, 1.82) is 0 Å². The van der Waals surface area contributed by atoms with Crippen molar-refractivity contribution in [2.75, 3.05) is 19.7 Å². The second-order valence-corrected chi connectivity index (χ2v) is 8.45. The number of benzene rings is 1. The molecule has 2 aromatic rings. The summed E-state index contributed by atoms with van der Waals surface area (Å²) in [6, 6.07) is 11.7. The van der Waals surface area contributed by atoms with Crippen LogP contribution in [0.5, 0.6) is 5.75 Å². The number of amides is 1. The fourth-order valence-corrected chi connectivity index (χ4v) is 5.18. The van der Waals surface area contributed by atoms with Gasteiger partial charge in [0.05, 0.1) is 31.6 Å². The summed E-state index contributed by atoms with van der Waals surface area (Å²) in [7, 11) is 0. The number of likely N-dealkylation sites (tertiary alicyclic amines) is 1. The van der Waals surface area contributed by atoms with Gasteiger partial charge >= 0.3 is 0 Å². The summed E-state index contributed by atoms with van der Waals surface area (Å²) in [6.07, 6.45) is 6.29. The first kappa shape index (κ1) is 20.9. The van der Waals surface area contributed by atoms with Gasteiger partial charge in [-0.25, -0.2) is 0 Å². The number of carbonyl (C=O) groups is 1. The number of nitrogens with one attached hydrogen (secondary N) is 1. The molecule has 2 N–H and O–H groups in total. The van der Waals surface area contributed by atoms with Crippen LogP contribution >= 0.6 is 0 Å². The highest BCUT2D eigenvalue weighted by Crippen LogP contribution is 2.50. The molecule has 3 unspecified atom stereocenters. The van der Waals surface area contributed by atoms with E-state index in [0.717, 1.165) is 42.8 Å². The Bertz CT molecular complexity index is 837. The SMILES string of the molecule is CCOc1ccccc1C1C2CCCCC2(O)CCN1CC(=O)NCc1ccco1. The molecule has 0 bridgehead atoms. The van der Waals surface area contributed by atoms with Crippen LogP contribution in [0.25, 0.3) is 0 Å². The molecule has 2 heterocycles. The standard InChI is InChI=1S/C24H32N2O4/c1-2-29-21-11-4-3-9-19(21)23-20-10-5-6-12-24(20,28)13-14-26(23)17-22(27)25-16-18-8-7-15-30-18/h3-4,7-9,11,15,20,23,28H,2,5-6,10,12-14,16-17H2,1H3,(H,25,27). The summed E-state index contributed by atoms with van der Waals surface area (Å²) in [6.45, 7) is 3.93. The largest absolute Gasteiger partial charge is 0.494 e. The van der Waals surface area contributed by atoms with Gasteiger partial charge in [0.1, 0.15) is 11.5 Å². The summed E-state index contributed by atoms with van der Waals surface area (Å²) >= 11 is 0. The Balaban J connectivity index is 1.57. The molecule has 1 aromatic carbocycles. The zero-order valence-electron chi connectivity index (χ0n) is 17.7. The van der Waals surface area contributed by atoms with Crippen molar-refractivity contribution >= 4 is 5.91 Å². The fraction of sp³-hybridized carbons (Fsp3) is 0.542. The number of carbonyl (C=O) groups excluding carboxylic acids is 1. The minimum atomic E-state index is -0.663. The topological polar surface area (TPSA) is 74.9 Å². The van der Waals surface area contributed by atoms with Crippen molar-refractivity contribution in [3.8, 4) is 5.75 Å². The van der Waals surface area contributed by atoms with Crippen LogP contribution in [0.1, 0.15) is 56.4 Å². The van der Waals surface area contributed by atoms with Crippen molar-refractivity contribution < 1.29 is 19.1 Å². The van der Waals surface area contributed by atoms with Gasteiger partial charge in [-0.1, -0.05) is 31.0 Å². The van der Waals surface area contributed by atoms with E-state index in [-0.39, 0.29) is 17.9 Å². The molecule has 1 saturated carbocycles. The van der Waals surface area contributed by atoms with E-state index in [0.29, 0.717) is 32.7 Å². The normalized spacial score (nSPS) is 26.7. The lowest BCUT2D eigenvalue weighted by Crippen LogP contribution is -2.56. The van der Waals surface area contributed by atoms with E-state index in [2.05, 4.69) is 16.3 Å². The van der Waals surface area contributed by atoms with E-state index in [4.69, 9.17) is 9.15 Å². The second kappa shape index (κ2) is 9.23. The van der Waals surface area contributed by atoms with Crippen LogP contribution in [0.4, 0.5) is 0 Å². The van der Waals surface area contributed by atoms with Crippen LogP contribution in [-0.2, 0) is 11.3 Å². The Morgan fingerprint density at radius 3 is 2.93 bits per heavy atom. The van der Waals surface area contributed by atoms with Crippen molar-refractivity contribution in [3.63, 3.8) is 0 Å². The lowest BCUT2D eigenvalue weighted by Gasteiger charge is -2.52. The maximum absolute atomic E-state index is 12.7. The van der Waals surface area contributed by atoms with Gasteiger partial charge in [0.15, 0.2) is 0 Å². The molecule has 2 fully saturated rings. The molecule has 3 atom stereocenters. The van der Waals surface area contributed by atoms with Gasteiger partial charge < -0.3 is 19.6 Å². The zero-order chi connectivity index (χ0) is 21.0. The minimum absolute atomic E-state index is 0.0356. The van der Waals surface area contributed by atoms with E-state index < -0.39 is 5.60 Å². The number of aliphatic hydroxyl groups is 1. The number of fused-ring (bicyclic) bond motifs is 1. The highest BCUT2D eigenvalue weighted by atomic mass is 16.5. The van der Waals surface area contributed by atoms with Crippen LogP contribution < -0.4 is 10.1 Å². The molecule has 162 valence electrons. The zero-order valence-corrected chi connectivity index (χ0v) is 17.7. The average Bonchev–Trinajstić information content (AvgIpc) is 3.27. The van der Waals surface area contributed by atoms with Gasteiger partial charge in [-0.15, -0.1) is 0 Å². The summed E-state index contributed by atoms with van der Waals surface area (Å²) < 4.78 is 11.2. The molecule has 6 nitrogen and oxygen atoms in total. The number of rotatable bonds is 7. The lowest BCUT2D eigenvalue weighted by molar-refractivity contribution is -0.138. The first-order chi connectivity index (χ1) is 14.6. The number of hydrogen-bond acceptors (Lipinski definition) is 5. The molecule has 1 amide bonds. The Labute approximate surface area is 178 Å². The van der Waals surface area contributed by atoms with E-state index in [1.807, 2.05) is 37.3 Å². The maximum Gasteiger partial charge on any atom is 0.234 e. The highest BCUT2D eigenvalue weighted by Gasteiger charge is 2.49. The van der Waals surface area contributed by atoms with E-state index in [9.17, 15) is 9.90 Å². The number of piperidine rings is 1. The first-order valence-electron chi connectivity index (χ1n) is 11.1. The molecule has 30 heavy (non-hydrogen) atoms. The highest BCUT2D eigenvalue weighted by molar-refractivity contribution is 5.78. The molecule has 0 radical (unpaired) electrons. The molecule has 1 saturated heterocycles. The summed E-state index contributed by atoms with van der Waals surface area (Å²) in [4.78, 5) is 15.0. The smallest absolute Gasteiger partial charge is 0.234 e. The van der Waals surface area contributed by atoms with E-state index >= 15 is 0 Å².